The van der Waals surface area contributed by atoms with Gasteiger partial charge in [-0.1, -0.05) is 38.0 Å². The molecule has 0 aliphatic rings. The smallest absolute Gasteiger partial charge is 0.342 e. The number of anilines is 4. The van der Waals surface area contributed by atoms with Crippen molar-refractivity contribution in [1.82, 2.24) is 15.3 Å². The van der Waals surface area contributed by atoms with Crippen LogP contribution in [0.3, 0.4) is 0 Å². The zero-order valence-corrected chi connectivity index (χ0v) is 32.0. The fourth-order valence-corrected chi connectivity index (χ4v) is 5.13. The summed E-state index contributed by atoms with van der Waals surface area (Å²) in [7, 11) is 2.65. The number of amides is 4. The molecule has 4 rings (SSSR count). The van der Waals surface area contributed by atoms with Crippen molar-refractivity contribution >= 4 is 52.3 Å². The Kier molecular flexibility index (Phi) is 15.6. The van der Waals surface area contributed by atoms with Crippen molar-refractivity contribution < 1.29 is 47.7 Å². The van der Waals surface area contributed by atoms with Crippen LogP contribution in [-0.2, 0) is 9.53 Å². The second-order valence-electron chi connectivity index (χ2n) is 11.8. The first-order valence-corrected chi connectivity index (χ1v) is 17.5. The normalized spacial score (nSPS) is 10.7. The van der Waals surface area contributed by atoms with Crippen molar-refractivity contribution in [3.8, 4) is 29.1 Å². The predicted octanol–water partition coefficient (Wildman–Crippen LogP) is 4.70. The number of hydrogen-bond donors (Lipinski definition) is 5. The van der Waals surface area contributed by atoms with Gasteiger partial charge in [0.2, 0.25) is 5.91 Å². The lowest BCUT2D eigenvalue weighted by atomic mass is 10.1. The van der Waals surface area contributed by atoms with Crippen LogP contribution in [0, 0.1) is 11.3 Å². The van der Waals surface area contributed by atoms with Gasteiger partial charge in [-0.3, -0.25) is 19.2 Å². The van der Waals surface area contributed by atoms with Crippen LogP contribution in [0.4, 0.5) is 22.7 Å². The maximum absolute atomic E-state index is 13.8. The number of nitrogen functional groups attached to an aromatic ring is 1. The molecule has 0 radical (unpaired) electrons. The number of esters is 1. The van der Waals surface area contributed by atoms with Crippen molar-refractivity contribution in [2.45, 2.75) is 12.5 Å². The average Bonchev–Trinajstić information content (AvgIpc) is 3.24. The number of nitriles is 1. The topological polar surface area (TPSA) is 255 Å². The molecule has 0 saturated carbocycles. The minimum atomic E-state index is -1.24. The van der Waals surface area contributed by atoms with E-state index in [1.54, 1.807) is 0 Å². The predicted molar refractivity (Wildman–Crippen MR) is 217 cm³/mol. The molecule has 2 aromatic heterocycles. The van der Waals surface area contributed by atoms with Crippen LogP contribution < -0.4 is 45.9 Å². The van der Waals surface area contributed by atoms with Gasteiger partial charge in [-0.05, 0) is 48.5 Å². The SMILES string of the molecule is C=CCOC(=O)c1ccc(NC(=O)c2ccc(NC(=O)c3ccc(NC(=O)[C@H](CC#N)NC(=O)c4ccc(N)cn4)cn3)c(OC)c2OCC=C)c(OC)c1OCC=C. The van der Waals surface area contributed by atoms with Gasteiger partial charge in [-0.2, -0.15) is 5.26 Å². The highest BCUT2D eigenvalue weighted by molar-refractivity contribution is 6.10. The van der Waals surface area contributed by atoms with Crippen LogP contribution in [-0.4, -0.2) is 79.6 Å². The minimum absolute atomic E-state index is 0.00180. The van der Waals surface area contributed by atoms with Crippen LogP contribution in [0.5, 0.6) is 23.0 Å². The summed E-state index contributed by atoms with van der Waals surface area (Å²) in [6.07, 6.45) is 6.47. The molecule has 0 spiro atoms. The number of rotatable bonds is 20. The van der Waals surface area contributed by atoms with E-state index in [2.05, 4.69) is 51.0 Å². The fraction of sp³-hybridized carbons (Fsp3) is 0.171. The Morgan fingerprint density at radius 3 is 1.81 bits per heavy atom. The third-order valence-electron chi connectivity index (χ3n) is 7.82. The summed E-state index contributed by atoms with van der Waals surface area (Å²) in [5.74, 6) is -3.53. The molecule has 18 heteroatoms. The highest BCUT2D eigenvalue weighted by Crippen LogP contribution is 2.42. The first-order valence-electron chi connectivity index (χ1n) is 17.5. The quantitative estimate of drug-likeness (QED) is 0.0600. The van der Waals surface area contributed by atoms with Gasteiger partial charge in [0.05, 0.1) is 67.4 Å². The van der Waals surface area contributed by atoms with E-state index in [-0.39, 0.29) is 88.8 Å². The van der Waals surface area contributed by atoms with Gasteiger partial charge < -0.3 is 50.7 Å². The largest absolute Gasteiger partial charge is 0.491 e. The lowest BCUT2D eigenvalue weighted by Gasteiger charge is -2.20. The number of hydrogen-bond acceptors (Lipinski definition) is 14. The molecule has 2 heterocycles. The van der Waals surface area contributed by atoms with Crippen LogP contribution in [0.15, 0.2) is 98.9 Å². The van der Waals surface area contributed by atoms with E-state index in [0.717, 1.165) is 0 Å². The number of carbonyl (C=O) groups is 5. The Balaban J connectivity index is 1.54. The van der Waals surface area contributed by atoms with E-state index < -0.39 is 35.6 Å². The maximum Gasteiger partial charge on any atom is 0.342 e. The number of nitrogens with two attached hydrogens (primary N) is 1. The van der Waals surface area contributed by atoms with Gasteiger partial charge >= 0.3 is 5.97 Å². The van der Waals surface area contributed by atoms with Gasteiger partial charge in [0.25, 0.3) is 17.7 Å². The number of ether oxygens (including phenoxy) is 5. The molecular formula is C41H40N8O10. The molecule has 0 bridgehead atoms. The molecule has 0 aliphatic heterocycles. The summed E-state index contributed by atoms with van der Waals surface area (Å²) in [5.41, 5.74) is 6.31. The van der Waals surface area contributed by atoms with Crippen LogP contribution in [0.1, 0.15) is 48.1 Å². The van der Waals surface area contributed by atoms with Crippen molar-refractivity contribution in [2.24, 2.45) is 0 Å². The molecule has 1 atom stereocenters. The minimum Gasteiger partial charge on any atom is -0.491 e. The molecule has 0 saturated heterocycles. The van der Waals surface area contributed by atoms with Crippen molar-refractivity contribution in [3.63, 3.8) is 0 Å². The summed E-state index contributed by atoms with van der Waals surface area (Å²) in [6, 6.07) is 11.8. The molecule has 0 unspecified atom stereocenters. The zero-order chi connectivity index (χ0) is 42.9. The van der Waals surface area contributed by atoms with Gasteiger partial charge in [0.1, 0.15) is 42.8 Å². The average molecular weight is 805 g/mol. The lowest BCUT2D eigenvalue weighted by Crippen LogP contribution is -2.43. The first-order chi connectivity index (χ1) is 28.5. The van der Waals surface area contributed by atoms with E-state index in [1.165, 1.54) is 93.4 Å². The van der Waals surface area contributed by atoms with Gasteiger partial charge in [0, 0.05) is 0 Å². The summed E-state index contributed by atoms with van der Waals surface area (Å²) in [4.78, 5) is 73.6. The standard InChI is InChI=1S/C41H40N8O10/c1-6-19-57-33-26(37(50)47-28-16-12-27(41(54)59-21-8-3)34(36(28)56-5)58-20-7-2)11-15-29(35(33)55-4)48-38(51)31-14-10-25(23-45-31)46-40(53)32(17-18-42)49-39(52)30-13-9-24(43)22-44-30/h6-16,22-23,32H,1-3,17,19-21,43H2,4-5H3,(H,46,53)(H,47,50)(H,48,51)(H,49,52)/t32-/m0/s1. The number of aromatic nitrogens is 2. The number of methoxy groups -OCH3 is 2. The molecule has 2 aromatic carbocycles. The number of carbonyl (C=O) groups excluding carboxylic acids is 5. The Morgan fingerprint density at radius 1 is 0.712 bits per heavy atom. The molecular weight excluding hydrogens is 764 g/mol. The number of benzene rings is 2. The van der Waals surface area contributed by atoms with E-state index in [1.807, 2.05) is 6.07 Å². The summed E-state index contributed by atoms with van der Waals surface area (Å²) in [6.45, 7) is 10.7. The summed E-state index contributed by atoms with van der Waals surface area (Å²) >= 11 is 0. The van der Waals surface area contributed by atoms with Crippen LogP contribution in [0.25, 0.3) is 0 Å². The molecule has 304 valence electrons. The Bertz CT molecular complexity index is 2270. The van der Waals surface area contributed by atoms with Gasteiger partial charge in [-0.15, -0.1) is 0 Å². The zero-order valence-electron chi connectivity index (χ0n) is 32.0. The second-order valence-corrected chi connectivity index (χ2v) is 11.8. The molecule has 0 fully saturated rings. The highest BCUT2D eigenvalue weighted by Gasteiger charge is 2.27. The number of pyridine rings is 2. The third kappa shape index (κ3) is 11.2. The Labute approximate surface area is 338 Å². The van der Waals surface area contributed by atoms with E-state index >= 15 is 0 Å². The maximum atomic E-state index is 13.8. The fourth-order valence-electron chi connectivity index (χ4n) is 5.13. The van der Waals surface area contributed by atoms with Crippen molar-refractivity contribution in [3.05, 3.63) is 121 Å². The van der Waals surface area contributed by atoms with E-state index in [4.69, 9.17) is 29.4 Å². The molecule has 59 heavy (non-hydrogen) atoms. The molecule has 18 nitrogen and oxygen atoms in total. The van der Waals surface area contributed by atoms with E-state index in [9.17, 15) is 29.2 Å². The summed E-state index contributed by atoms with van der Waals surface area (Å²) < 4.78 is 27.9. The molecule has 0 aliphatic carbocycles. The van der Waals surface area contributed by atoms with Gasteiger partial charge in [-0.25, -0.2) is 14.8 Å². The number of nitrogens with one attached hydrogen (secondary N) is 4. The monoisotopic (exact) mass is 804 g/mol. The number of nitrogens with zero attached hydrogens (tertiary/aromatic N) is 3. The molecule has 4 amide bonds. The Hall–Kier alpha value is -8.20. The highest BCUT2D eigenvalue weighted by atomic mass is 16.5. The lowest BCUT2D eigenvalue weighted by molar-refractivity contribution is -0.117. The molecule has 6 N–H and O–H groups in total. The van der Waals surface area contributed by atoms with E-state index in [0.29, 0.717) is 5.69 Å². The van der Waals surface area contributed by atoms with Crippen molar-refractivity contribution in [1.29, 1.82) is 5.26 Å². The summed E-state index contributed by atoms with van der Waals surface area (Å²) in [5, 5.41) is 19.7. The van der Waals surface area contributed by atoms with Crippen LogP contribution >= 0.6 is 0 Å². The van der Waals surface area contributed by atoms with Crippen LogP contribution in [0.2, 0.25) is 0 Å². The van der Waals surface area contributed by atoms with Gasteiger partial charge in [0.15, 0.2) is 23.0 Å². The first kappa shape index (κ1) is 43.5. The van der Waals surface area contributed by atoms with Crippen molar-refractivity contribution in [2.75, 3.05) is 55.7 Å². The Morgan fingerprint density at radius 2 is 1.27 bits per heavy atom. The third-order valence-corrected chi connectivity index (χ3v) is 7.82. The molecule has 4 aromatic rings. The second kappa shape index (κ2) is 21.2.